The van der Waals surface area contributed by atoms with Crippen LogP contribution in [0.2, 0.25) is 0 Å². The predicted molar refractivity (Wildman–Crippen MR) is 169 cm³/mol. The fourth-order valence-corrected chi connectivity index (χ4v) is 6.43. The summed E-state index contributed by atoms with van der Waals surface area (Å²) in [6.07, 6.45) is 5.44. The van der Waals surface area contributed by atoms with Crippen LogP contribution in [0.4, 0.5) is 0 Å². The minimum absolute atomic E-state index is 0.613. The monoisotopic (exact) mass is 538 g/mol. The van der Waals surface area contributed by atoms with Crippen molar-refractivity contribution in [1.29, 1.82) is 0 Å². The van der Waals surface area contributed by atoms with Gasteiger partial charge in [0.25, 0.3) is 0 Å². The van der Waals surface area contributed by atoms with E-state index in [1.54, 1.807) is 6.33 Å². The largest absolute Gasteiger partial charge is 0.307 e. The molecule has 0 unspecified atom stereocenters. The van der Waals surface area contributed by atoms with Gasteiger partial charge in [-0.15, -0.1) is 0 Å². The van der Waals surface area contributed by atoms with Gasteiger partial charge in [0.1, 0.15) is 6.33 Å². The zero-order valence-corrected chi connectivity index (χ0v) is 22.4. The summed E-state index contributed by atoms with van der Waals surface area (Å²) in [5, 5.41) is 5.43. The highest BCUT2D eigenvalue weighted by molar-refractivity contribution is 6.35. The van der Waals surface area contributed by atoms with Crippen molar-refractivity contribution in [3.8, 4) is 22.9 Å². The van der Waals surface area contributed by atoms with Crippen molar-refractivity contribution in [1.82, 2.24) is 29.1 Å². The predicted octanol–water partition coefficient (Wildman–Crippen LogP) is 8.28. The second-order valence-electron chi connectivity index (χ2n) is 10.4. The van der Waals surface area contributed by atoms with E-state index in [0.717, 1.165) is 71.5 Å². The van der Waals surface area contributed by atoms with Crippen LogP contribution in [0.15, 0.2) is 134 Å². The molecule has 0 bridgehead atoms. The molecule has 6 heteroatoms. The SMILES string of the molecule is c1ccc(-c2ccnc(-n3c4ccccc4c4c5ncncc5c5c6ccccc6n(-c6ccccc6)c5c43)n2)cc1. The van der Waals surface area contributed by atoms with Crippen LogP contribution in [0.3, 0.4) is 0 Å². The zero-order valence-electron chi connectivity index (χ0n) is 22.4. The van der Waals surface area contributed by atoms with E-state index >= 15 is 0 Å². The molecule has 0 fully saturated rings. The first-order valence-electron chi connectivity index (χ1n) is 13.9. The van der Waals surface area contributed by atoms with Gasteiger partial charge in [0.15, 0.2) is 0 Å². The standard InChI is InChI=1S/C36H22N6/c1-3-11-23(12-4-1)28-19-20-38-36(40-28)42-30-18-10-8-16-26(30)32-33-27(21-37-22-39-33)31-25-15-7-9-17-29(25)41(34(31)35(32)42)24-13-5-2-6-14-24/h1-22H. The van der Waals surface area contributed by atoms with E-state index < -0.39 is 0 Å². The van der Waals surface area contributed by atoms with Crippen molar-refractivity contribution < 1.29 is 0 Å². The maximum absolute atomic E-state index is 5.14. The Morgan fingerprint density at radius 1 is 0.524 bits per heavy atom. The molecule has 0 spiro atoms. The first-order valence-corrected chi connectivity index (χ1v) is 13.9. The van der Waals surface area contributed by atoms with E-state index in [1.165, 1.54) is 0 Å². The average molecular weight is 539 g/mol. The van der Waals surface area contributed by atoms with Crippen molar-refractivity contribution in [2.24, 2.45) is 0 Å². The van der Waals surface area contributed by atoms with E-state index in [1.807, 2.05) is 36.7 Å². The number of rotatable bonds is 3. The van der Waals surface area contributed by atoms with Gasteiger partial charge in [-0.2, -0.15) is 0 Å². The summed E-state index contributed by atoms with van der Waals surface area (Å²) < 4.78 is 4.56. The average Bonchev–Trinajstić information content (AvgIpc) is 3.60. The van der Waals surface area contributed by atoms with Crippen molar-refractivity contribution in [3.63, 3.8) is 0 Å². The molecule has 196 valence electrons. The lowest BCUT2D eigenvalue weighted by atomic mass is 10.0. The quantitative estimate of drug-likeness (QED) is 0.227. The van der Waals surface area contributed by atoms with Crippen LogP contribution in [-0.4, -0.2) is 29.1 Å². The van der Waals surface area contributed by atoms with E-state index in [0.29, 0.717) is 5.95 Å². The molecule has 4 aromatic heterocycles. The number of hydrogen-bond acceptors (Lipinski definition) is 4. The van der Waals surface area contributed by atoms with E-state index in [9.17, 15) is 0 Å². The Morgan fingerprint density at radius 3 is 1.95 bits per heavy atom. The highest BCUT2D eigenvalue weighted by Gasteiger charge is 2.25. The van der Waals surface area contributed by atoms with Gasteiger partial charge < -0.3 is 4.57 Å². The summed E-state index contributed by atoms with van der Waals surface area (Å²) in [6.45, 7) is 0. The number of aromatic nitrogens is 6. The van der Waals surface area contributed by atoms with Gasteiger partial charge in [0.05, 0.1) is 33.3 Å². The van der Waals surface area contributed by atoms with Gasteiger partial charge in [-0.3, -0.25) is 4.57 Å². The number of fused-ring (bicyclic) bond motifs is 10. The summed E-state index contributed by atoms with van der Waals surface area (Å²) >= 11 is 0. The van der Waals surface area contributed by atoms with Gasteiger partial charge in [-0.05, 0) is 30.3 Å². The lowest BCUT2D eigenvalue weighted by Crippen LogP contribution is -2.03. The van der Waals surface area contributed by atoms with Crippen molar-refractivity contribution >= 4 is 54.5 Å². The third kappa shape index (κ3) is 3.14. The molecule has 0 saturated heterocycles. The van der Waals surface area contributed by atoms with Gasteiger partial charge in [0.2, 0.25) is 5.95 Å². The Morgan fingerprint density at radius 2 is 1.17 bits per heavy atom. The van der Waals surface area contributed by atoms with E-state index in [4.69, 9.17) is 15.0 Å². The minimum atomic E-state index is 0.613. The minimum Gasteiger partial charge on any atom is -0.307 e. The Kier molecular flexibility index (Phi) is 4.80. The lowest BCUT2D eigenvalue weighted by molar-refractivity contribution is 0.991. The third-order valence-corrected chi connectivity index (χ3v) is 8.12. The number of nitrogens with zero attached hydrogens (tertiary/aromatic N) is 6. The first kappa shape index (κ1) is 22.9. The molecule has 0 atom stereocenters. The maximum Gasteiger partial charge on any atom is 0.235 e. The zero-order chi connectivity index (χ0) is 27.6. The lowest BCUT2D eigenvalue weighted by Gasteiger charge is -2.13. The van der Waals surface area contributed by atoms with Crippen LogP contribution in [0.5, 0.6) is 0 Å². The molecule has 0 aliphatic heterocycles. The van der Waals surface area contributed by atoms with Crippen molar-refractivity contribution in [2.75, 3.05) is 0 Å². The second kappa shape index (κ2) is 8.81. The first-order chi connectivity index (χ1) is 20.9. The van der Waals surface area contributed by atoms with Crippen LogP contribution in [0, 0.1) is 0 Å². The van der Waals surface area contributed by atoms with Gasteiger partial charge in [0, 0.05) is 50.6 Å². The molecule has 0 amide bonds. The van der Waals surface area contributed by atoms with Gasteiger partial charge >= 0.3 is 0 Å². The number of benzene rings is 5. The van der Waals surface area contributed by atoms with Gasteiger partial charge in [-0.25, -0.2) is 19.9 Å². The molecule has 0 saturated carbocycles. The van der Waals surface area contributed by atoms with Crippen molar-refractivity contribution in [2.45, 2.75) is 0 Å². The molecule has 0 N–H and O–H groups in total. The maximum atomic E-state index is 5.14. The van der Waals surface area contributed by atoms with Gasteiger partial charge in [-0.1, -0.05) is 84.9 Å². The molecule has 9 rings (SSSR count). The molecular formula is C36H22N6. The summed E-state index contributed by atoms with van der Waals surface area (Å²) in [4.78, 5) is 19.4. The molecule has 5 aromatic carbocycles. The summed E-state index contributed by atoms with van der Waals surface area (Å²) in [5.41, 5.74) is 8.14. The second-order valence-corrected chi connectivity index (χ2v) is 10.4. The topological polar surface area (TPSA) is 61.4 Å². The van der Waals surface area contributed by atoms with Crippen molar-refractivity contribution in [3.05, 3.63) is 134 Å². The number of para-hydroxylation sites is 3. The van der Waals surface area contributed by atoms with E-state index in [2.05, 4.69) is 105 Å². The molecular weight excluding hydrogens is 516 g/mol. The highest BCUT2D eigenvalue weighted by Crippen LogP contribution is 2.45. The number of hydrogen-bond donors (Lipinski definition) is 0. The Bertz CT molecular complexity index is 2460. The summed E-state index contributed by atoms with van der Waals surface area (Å²) in [6, 6.07) is 39.8. The van der Waals surface area contributed by atoms with Crippen LogP contribution >= 0.6 is 0 Å². The fourth-order valence-electron chi connectivity index (χ4n) is 6.43. The van der Waals surface area contributed by atoms with E-state index in [-0.39, 0.29) is 0 Å². The molecule has 0 radical (unpaired) electrons. The smallest absolute Gasteiger partial charge is 0.235 e. The molecule has 42 heavy (non-hydrogen) atoms. The molecule has 9 aromatic rings. The highest BCUT2D eigenvalue weighted by atomic mass is 15.2. The Hall–Kier alpha value is -5.88. The van der Waals surface area contributed by atoms with Crippen LogP contribution < -0.4 is 0 Å². The third-order valence-electron chi connectivity index (χ3n) is 8.12. The summed E-state index contributed by atoms with van der Waals surface area (Å²) in [7, 11) is 0. The van der Waals surface area contributed by atoms with Crippen LogP contribution in [0.25, 0.3) is 77.4 Å². The van der Waals surface area contributed by atoms with Crippen LogP contribution in [-0.2, 0) is 0 Å². The van der Waals surface area contributed by atoms with Crippen LogP contribution in [0.1, 0.15) is 0 Å². The Labute approximate surface area is 240 Å². The fraction of sp³-hybridized carbons (Fsp3) is 0. The Balaban J connectivity index is 1.57. The normalized spacial score (nSPS) is 11.8. The molecule has 0 aliphatic carbocycles. The summed E-state index contributed by atoms with van der Waals surface area (Å²) in [5.74, 6) is 0.613. The molecule has 4 heterocycles. The molecule has 0 aliphatic rings. The molecule has 6 nitrogen and oxygen atoms in total.